The van der Waals surface area contributed by atoms with Crippen LogP contribution in [0.1, 0.15) is 51.2 Å². The molecular weight excluding hydrogens is 312 g/mol. The predicted octanol–water partition coefficient (Wildman–Crippen LogP) is 2.40. The molecular formula is C12H14N4O3S2. The van der Waals surface area contributed by atoms with Gasteiger partial charge < -0.3 is 5.11 Å². The Morgan fingerprint density at radius 1 is 1.29 bits per heavy atom. The van der Waals surface area contributed by atoms with Gasteiger partial charge in [0.05, 0.1) is 11.4 Å². The Kier molecular flexibility index (Phi) is 4.33. The molecule has 0 bridgehead atoms. The first-order chi connectivity index (χ1) is 9.84. The van der Waals surface area contributed by atoms with Crippen LogP contribution in [0.3, 0.4) is 0 Å². The van der Waals surface area contributed by atoms with Crippen molar-refractivity contribution in [3.63, 3.8) is 0 Å². The van der Waals surface area contributed by atoms with Gasteiger partial charge in [-0.15, -0.1) is 5.10 Å². The van der Waals surface area contributed by atoms with Crippen LogP contribution in [-0.4, -0.2) is 38.0 Å². The van der Waals surface area contributed by atoms with Gasteiger partial charge in [-0.2, -0.15) is 4.37 Å². The van der Waals surface area contributed by atoms with Crippen molar-refractivity contribution in [1.82, 2.24) is 14.0 Å². The van der Waals surface area contributed by atoms with Crippen LogP contribution in [0.2, 0.25) is 0 Å². The first-order valence-electron chi connectivity index (χ1n) is 6.14. The number of hydrogen-bond acceptors (Lipinski definition) is 7. The van der Waals surface area contributed by atoms with E-state index in [2.05, 4.69) is 14.0 Å². The molecule has 2 aromatic heterocycles. The molecule has 2 aromatic rings. The van der Waals surface area contributed by atoms with Gasteiger partial charge in [0, 0.05) is 7.05 Å². The number of hydrogen-bond donors (Lipinski definition) is 1. The smallest absolute Gasteiger partial charge is 0.340 e. The van der Waals surface area contributed by atoms with Crippen LogP contribution in [0.5, 0.6) is 0 Å². The lowest BCUT2D eigenvalue weighted by atomic mass is 10.1. The SMILES string of the molecule is Cc1nsc(N(C)C(=O)c2snnc2C(C)C)c1C(=O)O. The topological polar surface area (TPSA) is 96.3 Å². The van der Waals surface area contributed by atoms with Crippen LogP contribution in [-0.2, 0) is 0 Å². The van der Waals surface area contributed by atoms with Crippen molar-refractivity contribution in [3.8, 4) is 0 Å². The van der Waals surface area contributed by atoms with Crippen LogP contribution in [0.4, 0.5) is 5.00 Å². The lowest BCUT2D eigenvalue weighted by Crippen LogP contribution is -2.27. The van der Waals surface area contributed by atoms with Crippen molar-refractivity contribution < 1.29 is 14.7 Å². The van der Waals surface area contributed by atoms with E-state index >= 15 is 0 Å². The second-order valence-corrected chi connectivity index (χ2v) is 6.27. The minimum Gasteiger partial charge on any atom is -0.478 e. The summed E-state index contributed by atoms with van der Waals surface area (Å²) in [7, 11) is 1.53. The summed E-state index contributed by atoms with van der Waals surface area (Å²) in [5.41, 5.74) is 1.07. The van der Waals surface area contributed by atoms with Gasteiger partial charge >= 0.3 is 5.97 Å². The molecule has 0 radical (unpaired) electrons. The minimum atomic E-state index is -1.09. The maximum Gasteiger partial charge on any atom is 0.340 e. The molecule has 21 heavy (non-hydrogen) atoms. The summed E-state index contributed by atoms with van der Waals surface area (Å²) < 4.78 is 7.84. The van der Waals surface area contributed by atoms with Gasteiger partial charge in [0.2, 0.25) is 0 Å². The average molecular weight is 326 g/mol. The van der Waals surface area contributed by atoms with E-state index in [0.717, 1.165) is 23.1 Å². The van der Waals surface area contributed by atoms with E-state index < -0.39 is 5.97 Å². The zero-order chi connectivity index (χ0) is 15.7. The Labute approximate surface area is 129 Å². The fourth-order valence-corrected chi connectivity index (χ4v) is 3.44. The van der Waals surface area contributed by atoms with Crippen molar-refractivity contribution >= 4 is 39.9 Å². The van der Waals surface area contributed by atoms with Gasteiger partial charge in [-0.05, 0) is 35.9 Å². The number of aromatic carboxylic acids is 1. The highest BCUT2D eigenvalue weighted by Crippen LogP contribution is 2.30. The number of carbonyl (C=O) groups excluding carboxylic acids is 1. The zero-order valence-corrected chi connectivity index (χ0v) is 13.6. The van der Waals surface area contributed by atoms with Gasteiger partial charge in [0.25, 0.3) is 5.91 Å². The summed E-state index contributed by atoms with van der Waals surface area (Å²) in [4.78, 5) is 25.6. The molecule has 0 aliphatic carbocycles. The van der Waals surface area contributed by atoms with Crippen LogP contribution >= 0.6 is 23.1 Å². The van der Waals surface area contributed by atoms with E-state index in [-0.39, 0.29) is 17.4 Å². The van der Waals surface area contributed by atoms with Gasteiger partial charge in [-0.1, -0.05) is 18.3 Å². The standard InChI is InChI=1S/C12H14N4O3S2/c1-5(2)8-9(20-15-13-8)10(17)16(4)11-7(12(18)19)6(3)14-21-11/h5H,1-4H3,(H,18,19). The van der Waals surface area contributed by atoms with Crippen molar-refractivity contribution in [1.29, 1.82) is 0 Å². The van der Waals surface area contributed by atoms with Crippen molar-refractivity contribution in [2.75, 3.05) is 11.9 Å². The predicted molar refractivity (Wildman–Crippen MR) is 80.5 cm³/mol. The summed E-state index contributed by atoms with van der Waals surface area (Å²) in [6.45, 7) is 5.45. The molecule has 0 saturated carbocycles. The largest absolute Gasteiger partial charge is 0.478 e. The monoisotopic (exact) mass is 326 g/mol. The van der Waals surface area contributed by atoms with Gasteiger partial charge in [-0.25, -0.2) is 4.79 Å². The number of rotatable bonds is 4. The lowest BCUT2D eigenvalue weighted by Gasteiger charge is -2.15. The van der Waals surface area contributed by atoms with Crippen LogP contribution < -0.4 is 4.90 Å². The molecule has 0 aliphatic heterocycles. The molecule has 112 valence electrons. The highest BCUT2D eigenvalue weighted by molar-refractivity contribution is 7.11. The van der Waals surface area contributed by atoms with E-state index in [9.17, 15) is 14.7 Å². The summed E-state index contributed by atoms with van der Waals surface area (Å²) in [6.07, 6.45) is 0. The Balaban J connectivity index is 2.40. The molecule has 2 rings (SSSR count). The van der Waals surface area contributed by atoms with Crippen LogP contribution in [0.25, 0.3) is 0 Å². The molecule has 0 spiro atoms. The Morgan fingerprint density at radius 3 is 2.52 bits per heavy atom. The fourth-order valence-electron chi connectivity index (χ4n) is 1.80. The molecule has 0 saturated heterocycles. The molecule has 0 aromatic carbocycles. The number of carboxylic acids is 1. The second kappa shape index (κ2) is 5.86. The number of amides is 1. The van der Waals surface area contributed by atoms with Crippen LogP contribution in [0.15, 0.2) is 0 Å². The number of aryl methyl sites for hydroxylation is 1. The lowest BCUT2D eigenvalue weighted by molar-refractivity contribution is 0.0697. The zero-order valence-electron chi connectivity index (χ0n) is 11.9. The minimum absolute atomic E-state index is 0.0550. The van der Waals surface area contributed by atoms with Gasteiger partial charge in [0.15, 0.2) is 0 Å². The van der Waals surface area contributed by atoms with Crippen molar-refractivity contribution in [2.24, 2.45) is 0 Å². The number of aromatic nitrogens is 3. The number of carbonyl (C=O) groups is 2. The molecule has 0 unspecified atom stereocenters. The van der Waals surface area contributed by atoms with E-state index in [1.807, 2.05) is 13.8 Å². The quantitative estimate of drug-likeness (QED) is 0.926. The third-order valence-corrected chi connectivity index (χ3v) is 4.67. The van der Waals surface area contributed by atoms with Crippen molar-refractivity contribution in [2.45, 2.75) is 26.7 Å². The first-order valence-corrected chi connectivity index (χ1v) is 7.69. The average Bonchev–Trinajstić information content (AvgIpc) is 3.02. The summed E-state index contributed by atoms with van der Waals surface area (Å²) in [6, 6.07) is 0. The maximum atomic E-state index is 12.6. The summed E-state index contributed by atoms with van der Waals surface area (Å²) >= 11 is 2.01. The second-order valence-electron chi connectivity index (χ2n) is 4.76. The first kappa shape index (κ1) is 15.5. The number of anilines is 1. The van der Waals surface area contributed by atoms with E-state index in [0.29, 0.717) is 21.3 Å². The summed E-state index contributed by atoms with van der Waals surface area (Å²) in [5, 5.41) is 13.5. The normalized spacial score (nSPS) is 10.9. The molecule has 9 heteroatoms. The number of nitrogens with zero attached hydrogens (tertiary/aromatic N) is 4. The Bertz CT molecular complexity index is 692. The molecule has 2 heterocycles. The third kappa shape index (κ3) is 2.79. The van der Waals surface area contributed by atoms with Gasteiger partial charge in [-0.3, -0.25) is 9.69 Å². The molecule has 0 aliphatic rings. The third-order valence-electron chi connectivity index (χ3n) is 2.92. The molecule has 7 nitrogen and oxygen atoms in total. The van der Waals surface area contributed by atoms with Gasteiger partial charge in [0.1, 0.15) is 15.4 Å². The molecule has 1 N–H and O–H groups in total. The Hall–Kier alpha value is -1.87. The Morgan fingerprint density at radius 2 is 1.95 bits per heavy atom. The fraction of sp³-hybridized carbons (Fsp3) is 0.417. The van der Waals surface area contributed by atoms with Crippen molar-refractivity contribution in [3.05, 3.63) is 21.8 Å². The number of carboxylic acid groups (broad SMARTS) is 1. The van der Waals surface area contributed by atoms with E-state index in [1.54, 1.807) is 6.92 Å². The maximum absolute atomic E-state index is 12.6. The van der Waals surface area contributed by atoms with E-state index in [1.165, 1.54) is 11.9 Å². The molecule has 0 fully saturated rings. The van der Waals surface area contributed by atoms with Crippen LogP contribution in [0, 0.1) is 6.92 Å². The molecule has 1 amide bonds. The molecule has 0 atom stereocenters. The highest BCUT2D eigenvalue weighted by Gasteiger charge is 2.28. The highest BCUT2D eigenvalue weighted by atomic mass is 32.1. The summed E-state index contributed by atoms with van der Waals surface area (Å²) in [5.74, 6) is -1.35. The van der Waals surface area contributed by atoms with E-state index in [4.69, 9.17) is 0 Å².